The summed E-state index contributed by atoms with van der Waals surface area (Å²) >= 11 is 0. The molecule has 1 aliphatic heterocycles. The highest BCUT2D eigenvalue weighted by Gasteiger charge is 2.20. The molecular formula is C22H22N2O2. The van der Waals surface area contributed by atoms with Gasteiger partial charge in [-0.1, -0.05) is 42.5 Å². The minimum Gasteiger partial charge on any atom is -0.338 e. The lowest BCUT2D eigenvalue weighted by atomic mass is 10.00. The van der Waals surface area contributed by atoms with Gasteiger partial charge in [-0.05, 0) is 42.0 Å². The first-order valence-electron chi connectivity index (χ1n) is 9.07. The summed E-state index contributed by atoms with van der Waals surface area (Å²) in [5.74, 6) is 0.108. The van der Waals surface area contributed by atoms with Crippen LogP contribution in [-0.4, -0.2) is 21.9 Å². The van der Waals surface area contributed by atoms with Crippen LogP contribution in [0.25, 0.3) is 10.9 Å². The molecule has 0 N–H and O–H groups in total. The number of fused-ring (bicyclic) bond motifs is 2. The predicted octanol–water partition coefficient (Wildman–Crippen LogP) is 3.28. The SMILES string of the molecule is Cc1cc2ccccc2n(CCC(=O)N2CCc3ccccc3C2)c1=O. The molecule has 0 bridgehead atoms. The molecular weight excluding hydrogens is 324 g/mol. The summed E-state index contributed by atoms with van der Waals surface area (Å²) in [6.07, 6.45) is 1.24. The van der Waals surface area contributed by atoms with E-state index in [1.165, 1.54) is 11.1 Å². The van der Waals surface area contributed by atoms with Crippen LogP contribution >= 0.6 is 0 Å². The Morgan fingerprint density at radius 2 is 1.77 bits per heavy atom. The zero-order chi connectivity index (χ0) is 18.1. The molecule has 0 radical (unpaired) electrons. The van der Waals surface area contributed by atoms with Gasteiger partial charge in [0.25, 0.3) is 5.56 Å². The number of carbonyl (C=O) groups is 1. The molecule has 2 heterocycles. The third-order valence-electron chi connectivity index (χ3n) is 5.21. The van der Waals surface area contributed by atoms with Crippen LogP contribution in [0.3, 0.4) is 0 Å². The van der Waals surface area contributed by atoms with E-state index in [9.17, 15) is 9.59 Å². The number of aromatic nitrogens is 1. The maximum absolute atomic E-state index is 12.7. The molecule has 0 saturated carbocycles. The number of hydrogen-bond acceptors (Lipinski definition) is 2. The van der Waals surface area contributed by atoms with E-state index in [-0.39, 0.29) is 11.5 Å². The monoisotopic (exact) mass is 346 g/mol. The van der Waals surface area contributed by atoms with E-state index < -0.39 is 0 Å². The van der Waals surface area contributed by atoms with Crippen LogP contribution in [-0.2, 0) is 24.3 Å². The van der Waals surface area contributed by atoms with Gasteiger partial charge in [-0.2, -0.15) is 0 Å². The second-order valence-electron chi connectivity index (χ2n) is 6.93. The van der Waals surface area contributed by atoms with Gasteiger partial charge in [-0.15, -0.1) is 0 Å². The topological polar surface area (TPSA) is 42.3 Å². The van der Waals surface area contributed by atoms with E-state index in [1.54, 1.807) is 4.57 Å². The molecule has 1 aliphatic rings. The first kappa shape index (κ1) is 16.6. The molecule has 26 heavy (non-hydrogen) atoms. The Morgan fingerprint density at radius 1 is 1.04 bits per heavy atom. The second-order valence-corrected chi connectivity index (χ2v) is 6.93. The number of rotatable bonds is 3. The van der Waals surface area contributed by atoms with E-state index in [4.69, 9.17) is 0 Å². The van der Waals surface area contributed by atoms with Crippen LogP contribution in [0.1, 0.15) is 23.1 Å². The van der Waals surface area contributed by atoms with Gasteiger partial charge in [0.15, 0.2) is 0 Å². The van der Waals surface area contributed by atoms with Crippen LogP contribution in [0.5, 0.6) is 0 Å². The van der Waals surface area contributed by atoms with Crippen molar-refractivity contribution in [3.05, 3.63) is 81.6 Å². The molecule has 4 rings (SSSR count). The number of nitrogens with zero attached hydrogens (tertiary/aromatic N) is 2. The molecule has 2 aromatic carbocycles. The molecule has 132 valence electrons. The Hall–Kier alpha value is -2.88. The molecule has 0 fully saturated rings. The van der Waals surface area contributed by atoms with Crippen molar-refractivity contribution in [3.63, 3.8) is 0 Å². The molecule has 0 unspecified atom stereocenters. The summed E-state index contributed by atoms with van der Waals surface area (Å²) in [5, 5.41) is 1.03. The lowest BCUT2D eigenvalue weighted by Gasteiger charge is -2.29. The number of para-hydroxylation sites is 1. The van der Waals surface area contributed by atoms with Crippen molar-refractivity contribution >= 4 is 16.8 Å². The highest BCUT2D eigenvalue weighted by atomic mass is 16.2. The van der Waals surface area contributed by atoms with E-state index >= 15 is 0 Å². The normalized spacial score (nSPS) is 13.7. The fourth-order valence-corrected chi connectivity index (χ4v) is 3.77. The van der Waals surface area contributed by atoms with Crippen molar-refractivity contribution in [3.8, 4) is 0 Å². The van der Waals surface area contributed by atoms with E-state index in [2.05, 4.69) is 12.1 Å². The van der Waals surface area contributed by atoms with Gasteiger partial charge in [0.05, 0.1) is 5.52 Å². The van der Waals surface area contributed by atoms with E-state index in [0.717, 1.165) is 23.9 Å². The first-order chi connectivity index (χ1) is 12.6. The third-order valence-corrected chi connectivity index (χ3v) is 5.21. The summed E-state index contributed by atoms with van der Waals surface area (Å²) in [6, 6.07) is 18.0. The zero-order valence-corrected chi connectivity index (χ0v) is 14.9. The van der Waals surface area contributed by atoms with Crippen molar-refractivity contribution < 1.29 is 4.79 Å². The Bertz CT molecular complexity index is 1040. The lowest BCUT2D eigenvalue weighted by Crippen LogP contribution is -2.37. The maximum Gasteiger partial charge on any atom is 0.253 e. The summed E-state index contributed by atoms with van der Waals surface area (Å²) in [5.41, 5.74) is 4.14. The van der Waals surface area contributed by atoms with Crippen LogP contribution in [0.2, 0.25) is 0 Å². The van der Waals surface area contributed by atoms with Crippen molar-refractivity contribution in [1.82, 2.24) is 9.47 Å². The van der Waals surface area contributed by atoms with Gasteiger partial charge in [0.1, 0.15) is 0 Å². The van der Waals surface area contributed by atoms with Gasteiger partial charge < -0.3 is 9.47 Å². The number of aryl methyl sites for hydroxylation is 2. The Labute approximate surface area is 152 Å². The number of pyridine rings is 1. The van der Waals surface area contributed by atoms with Crippen LogP contribution in [0, 0.1) is 6.92 Å². The van der Waals surface area contributed by atoms with Crippen LogP contribution in [0.4, 0.5) is 0 Å². The minimum absolute atomic E-state index is 0.0134. The molecule has 0 saturated heterocycles. The van der Waals surface area contributed by atoms with Gasteiger partial charge in [0, 0.05) is 31.6 Å². The fraction of sp³-hybridized carbons (Fsp3) is 0.273. The quantitative estimate of drug-likeness (QED) is 0.730. The van der Waals surface area contributed by atoms with Gasteiger partial charge >= 0.3 is 0 Å². The highest BCUT2D eigenvalue weighted by Crippen LogP contribution is 2.19. The van der Waals surface area contributed by atoms with E-state index in [1.807, 2.05) is 54.3 Å². The zero-order valence-electron chi connectivity index (χ0n) is 14.9. The average Bonchev–Trinajstić information content (AvgIpc) is 2.67. The minimum atomic E-state index is -0.0134. The molecule has 1 aromatic heterocycles. The van der Waals surface area contributed by atoms with Crippen LogP contribution in [0.15, 0.2) is 59.4 Å². The summed E-state index contributed by atoms with van der Waals surface area (Å²) < 4.78 is 1.74. The Balaban J connectivity index is 1.53. The first-order valence-corrected chi connectivity index (χ1v) is 9.07. The second kappa shape index (κ2) is 6.79. The van der Waals surface area contributed by atoms with Crippen molar-refractivity contribution in [2.45, 2.75) is 32.9 Å². The fourth-order valence-electron chi connectivity index (χ4n) is 3.77. The van der Waals surface area contributed by atoms with Gasteiger partial charge in [0.2, 0.25) is 5.91 Å². The smallest absolute Gasteiger partial charge is 0.253 e. The van der Waals surface area contributed by atoms with Crippen LogP contribution < -0.4 is 5.56 Å². The van der Waals surface area contributed by atoms with Crippen molar-refractivity contribution in [2.75, 3.05) is 6.54 Å². The number of amides is 1. The Morgan fingerprint density at radius 3 is 2.62 bits per heavy atom. The molecule has 4 nitrogen and oxygen atoms in total. The summed E-state index contributed by atoms with van der Waals surface area (Å²) in [6.45, 7) is 3.66. The third kappa shape index (κ3) is 3.03. The molecule has 0 spiro atoms. The number of hydrogen-bond donors (Lipinski definition) is 0. The molecule has 3 aromatic rings. The molecule has 0 aliphatic carbocycles. The van der Waals surface area contributed by atoms with Gasteiger partial charge in [-0.25, -0.2) is 0 Å². The predicted molar refractivity (Wildman–Crippen MR) is 103 cm³/mol. The summed E-state index contributed by atoms with van der Waals surface area (Å²) in [4.78, 5) is 27.2. The van der Waals surface area contributed by atoms with Crippen molar-refractivity contribution in [2.24, 2.45) is 0 Å². The number of benzene rings is 2. The molecule has 4 heteroatoms. The Kier molecular flexibility index (Phi) is 4.33. The largest absolute Gasteiger partial charge is 0.338 e. The molecule has 1 amide bonds. The highest BCUT2D eigenvalue weighted by molar-refractivity contribution is 5.80. The standard InChI is InChI=1S/C22H22N2O2/c1-16-14-18-7-4-5-9-20(18)24(22(16)26)13-11-21(25)23-12-10-17-6-2-3-8-19(17)15-23/h2-9,14H,10-13,15H2,1H3. The van der Waals surface area contributed by atoms with Crippen molar-refractivity contribution in [1.29, 1.82) is 0 Å². The number of carbonyl (C=O) groups excluding carboxylic acids is 1. The lowest BCUT2D eigenvalue weighted by molar-refractivity contribution is -0.132. The maximum atomic E-state index is 12.7. The van der Waals surface area contributed by atoms with Gasteiger partial charge in [-0.3, -0.25) is 9.59 Å². The molecule has 0 atom stereocenters. The summed E-state index contributed by atoms with van der Waals surface area (Å²) in [7, 11) is 0. The van der Waals surface area contributed by atoms with E-state index in [0.29, 0.717) is 25.1 Å². The average molecular weight is 346 g/mol.